The number of anilines is 2. The minimum absolute atomic E-state index is 0.0188. The van der Waals surface area contributed by atoms with Gasteiger partial charge in [-0.2, -0.15) is 0 Å². The molecule has 2 N–H and O–H groups in total. The number of hydrogen-bond donors (Lipinski definition) is 2. The van der Waals surface area contributed by atoms with Crippen LogP contribution >= 0.6 is 11.6 Å². The van der Waals surface area contributed by atoms with Gasteiger partial charge in [0.05, 0.1) is 16.9 Å². The Morgan fingerprint density at radius 3 is 2.31 bits per heavy atom. The number of benzene rings is 3. The van der Waals surface area contributed by atoms with E-state index in [0.717, 1.165) is 6.07 Å². The molecule has 148 valence electrons. The number of rotatable bonds is 6. The van der Waals surface area contributed by atoms with Crippen LogP contribution in [-0.2, 0) is 4.79 Å². The molecule has 3 rings (SSSR count). The van der Waals surface area contributed by atoms with Gasteiger partial charge < -0.3 is 15.4 Å². The van der Waals surface area contributed by atoms with E-state index in [2.05, 4.69) is 10.6 Å². The second kappa shape index (κ2) is 9.16. The number of carbonyl (C=O) groups excluding carboxylic acids is 2. The summed E-state index contributed by atoms with van der Waals surface area (Å²) in [4.78, 5) is 24.5. The molecule has 5 nitrogen and oxygen atoms in total. The molecule has 2 amide bonds. The maximum Gasteiger partial charge on any atom is 0.262 e. The third-order valence-electron chi connectivity index (χ3n) is 3.82. The van der Waals surface area contributed by atoms with Gasteiger partial charge in [-0.15, -0.1) is 0 Å². The van der Waals surface area contributed by atoms with Gasteiger partial charge in [0.25, 0.3) is 11.8 Å². The van der Waals surface area contributed by atoms with Crippen LogP contribution in [0.4, 0.5) is 20.2 Å². The van der Waals surface area contributed by atoms with E-state index in [9.17, 15) is 18.4 Å². The van der Waals surface area contributed by atoms with Crippen LogP contribution in [0.25, 0.3) is 0 Å². The molecule has 0 saturated heterocycles. The van der Waals surface area contributed by atoms with Crippen LogP contribution in [0.5, 0.6) is 5.75 Å². The van der Waals surface area contributed by atoms with Crippen LogP contribution in [-0.4, -0.2) is 18.4 Å². The Kier molecular flexibility index (Phi) is 6.41. The number of hydrogen-bond acceptors (Lipinski definition) is 3. The van der Waals surface area contributed by atoms with Crippen molar-refractivity contribution in [3.05, 3.63) is 89.0 Å². The summed E-state index contributed by atoms with van der Waals surface area (Å²) in [7, 11) is 0. The van der Waals surface area contributed by atoms with Crippen LogP contribution < -0.4 is 15.4 Å². The average molecular weight is 417 g/mol. The Balaban J connectivity index is 1.67. The number of carbonyl (C=O) groups is 2. The first-order valence-electron chi connectivity index (χ1n) is 8.46. The lowest BCUT2D eigenvalue weighted by atomic mass is 10.2. The molecule has 0 aliphatic rings. The van der Waals surface area contributed by atoms with Crippen molar-refractivity contribution in [3.8, 4) is 5.75 Å². The van der Waals surface area contributed by atoms with E-state index < -0.39 is 30.1 Å². The van der Waals surface area contributed by atoms with E-state index in [1.54, 1.807) is 18.2 Å². The highest BCUT2D eigenvalue weighted by atomic mass is 35.5. The zero-order chi connectivity index (χ0) is 20.8. The fourth-order valence-electron chi connectivity index (χ4n) is 2.45. The largest absolute Gasteiger partial charge is 0.483 e. The van der Waals surface area contributed by atoms with Crippen LogP contribution in [0.2, 0.25) is 5.02 Å². The van der Waals surface area contributed by atoms with Crippen molar-refractivity contribution >= 4 is 34.8 Å². The molecule has 0 atom stereocenters. The third-order valence-corrected chi connectivity index (χ3v) is 4.05. The molecule has 8 heteroatoms. The molecule has 0 aromatic heterocycles. The summed E-state index contributed by atoms with van der Waals surface area (Å²) in [5.74, 6) is -2.38. The Bertz CT molecular complexity index is 1060. The molecule has 0 aliphatic carbocycles. The minimum atomic E-state index is -0.687. The first-order chi connectivity index (χ1) is 13.9. The summed E-state index contributed by atoms with van der Waals surface area (Å²) in [6.45, 7) is -0.450. The highest BCUT2D eigenvalue weighted by Crippen LogP contribution is 2.23. The summed E-state index contributed by atoms with van der Waals surface area (Å²) in [6, 6.07) is 15.7. The highest BCUT2D eigenvalue weighted by molar-refractivity contribution is 6.30. The van der Waals surface area contributed by atoms with Crippen LogP contribution in [0.1, 0.15) is 10.4 Å². The summed E-state index contributed by atoms with van der Waals surface area (Å²) in [6.07, 6.45) is 0. The van der Waals surface area contributed by atoms with E-state index in [0.29, 0.717) is 0 Å². The van der Waals surface area contributed by atoms with Gasteiger partial charge in [0.2, 0.25) is 0 Å². The fourth-order valence-corrected chi connectivity index (χ4v) is 2.61. The summed E-state index contributed by atoms with van der Waals surface area (Å²) < 4.78 is 32.9. The lowest BCUT2D eigenvalue weighted by molar-refractivity contribution is -0.118. The third kappa shape index (κ3) is 5.30. The van der Waals surface area contributed by atoms with Crippen molar-refractivity contribution in [2.75, 3.05) is 17.2 Å². The highest BCUT2D eigenvalue weighted by Gasteiger charge is 2.16. The van der Waals surface area contributed by atoms with Crippen LogP contribution in [0, 0.1) is 11.6 Å². The minimum Gasteiger partial charge on any atom is -0.483 e. The molecule has 0 unspecified atom stereocenters. The van der Waals surface area contributed by atoms with Crippen molar-refractivity contribution in [1.82, 2.24) is 0 Å². The fraction of sp³-hybridized carbons (Fsp3) is 0.0476. The number of halogens is 3. The van der Waals surface area contributed by atoms with E-state index in [-0.39, 0.29) is 27.7 Å². The lowest BCUT2D eigenvalue weighted by Crippen LogP contribution is -2.22. The van der Waals surface area contributed by atoms with Crippen molar-refractivity contribution < 1.29 is 23.1 Å². The van der Waals surface area contributed by atoms with Gasteiger partial charge in [-0.3, -0.25) is 9.59 Å². The maximum absolute atomic E-state index is 13.9. The predicted octanol–water partition coefficient (Wildman–Crippen LogP) is 4.89. The maximum atomic E-state index is 13.9. The van der Waals surface area contributed by atoms with Crippen LogP contribution in [0.15, 0.2) is 66.7 Å². The molecule has 0 bridgehead atoms. The van der Waals surface area contributed by atoms with E-state index in [4.69, 9.17) is 16.3 Å². The topological polar surface area (TPSA) is 67.4 Å². The zero-order valence-electron chi connectivity index (χ0n) is 14.9. The molecule has 3 aromatic carbocycles. The molecule has 0 spiro atoms. The number of ether oxygens (including phenoxy) is 1. The van der Waals surface area contributed by atoms with Crippen LogP contribution in [0.3, 0.4) is 0 Å². The van der Waals surface area contributed by atoms with Crippen molar-refractivity contribution in [1.29, 1.82) is 0 Å². The van der Waals surface area contributed by atoms with E-state index in [1.165, 1.54) is 42.5 Å². The first-order valence-corrected chi connectivity index (χ1v) is 8.84. The van der Waals surface area contributed by atoms with Crippen molar-refractivity contribution in [3.63, 3.8) is 0 Å². The summed E-state index contributed by atoms with van der Waals surface area (Å²) in [5.41, 5.74) is 0.0670. The van der Waals surface area contributed by atoms with E-state index >= 15 is 0 Å². The molecular formula is C21H15ClF2N2O3. The number of para-hydroxylation sites is 2. The molecule has 0 saturated carbocycles. The zero-order valence-corrected chi connectivity index (χ0v) is 15.7. The van der Waals surface area contributed by atoms with Gasteiger partial charge >= 0.3 is 0 Å². The van der Waals surface area contributed by atoms with Gasteiger partial charge in [0.1, 0.15) is 17.4 Å². The normalized spacial score (nSPS) is 10.3. The molecular weight excluding hydrogens is 402 g/mol. The number of nitrogens with one attached hydrogen (secondary N) is 2. The molecule has 29 heavy (non-hydrogen) atoms. The van der Waals surface area contributed by atoms with E-state index in [1.807, 2.05) is 0 Å². The Hall–Kier alpha value is -3.45. The molecule has 0 aliphatic heterocycles. The standard InChI is InChI=1S/C21H15ClF2N2O3/c22-13-9-10-18(16(24)11-13)26-21(28)14-5-1-4-8-19(14)29-12-20(27)25-17-7-3-2-6-15(17)23/h1-11H,12H2,(H,25,27)(H,26,28). The predicted molar refractivity (Wildman–Crippen MR) is 106 cm³/mol. The van der Waals surface area contributed by atoms with Gasteiger partial charge in [0.15, 0.2) is 6.61 Å². The Morgan fingerprint density at radius 1 is 0.862 bits per heavy atom. The monoisotopic (exact) mass is 416 g/mol. The summed E-state index contributed by atoms with van der Waals surface area (Å²) in [5, 5.41) is 5.01. The lowest BCUT2D eigenvalue weighted by Gasteiger charge is -2.12. The summed E-state index contributed by atoms with van der Waals surface area (Å²) >= 11 is 5.70. The smallest absolute Gasteiger partial charge is 0.262 e. The molecule has 0 radical (unpaired) electrons. The average Bonchev–Trinajstić information content (AvgIpc) is 2.70. The molecule has 0 heterocycles. The molecule has 3 aromatic rings. The van der Waals surface area contributed by atoms with Gasteiger partial charge in [0, 0.05) is 5.02 Å². The first kappa shape index (κ1) is 20.3. The van der Waals surface area contributed by atoms with Crippen molar-refractivity contribution in [2.45, 2.75) is 0 Å². The second-order valence-corrected chi connectivity index (χ2v) is 6.33. The number of amides is 2. The van der Waals surface area contributed by atoms with Gasteiger partial charge in [-0.1, -0.05) is 35.9 Å². The SMILES string of the molecule is O=C(COc1ccccc1C(=O)Nc1ccc(Cl)cc1F)Nc1ccccc1F. The Morgan fingerprint density at radius 2 is 1.55 bits per heavy atom. The molecule has 0 fully saturated rings. The van der Waals surface area contributed by atoms with Crippen molar-refractivity contribution in [2.24, 2.45) is 0 Å². The quantitative estimate of drug-likeness (QED) is 0.601. The van der Waals surface area contributed by atoms with Gasteiger partial charge in [-0.05, 0) is 42.5 Å². The van der Waals surface area contributed by atoms with Gasteiger partial charge in [-0.25, -0.2) is 8.78 Å². The second-order valence-electron chi connectivity index (χ2n) is 5.89. The Labute approximate surface area is 170 Å².